The van der Waals surface area contributed by atoms with Crippen LogP contribution < -0.4 is 4.90 Å². The van der Waals surface area contributed by atoms with Gasteiger partial charge in [0.2, 0.25) is 0 Å². The second-order valence-electron chi connectivity index (χ2n) is 6.24. The molecule has 0 saturated carbocycles. The summed E-state index contributed by atoms with van der Waals surface area (Å²) in [5.74, 6) is 0. The van der Waals surface area contributed by atoms with Gasteiger partial charge in [0.25, 0.3) is 0 Å². The molecule has 2 aliphatic rings. The molecule has 2 nitrogen and oxygen atoms in total. The summed E-state index contributed by atoms with van der Waals surface area (Å²) in [6.45, 7) is 1.87. The number of hydrogen-bond donors (Lipinski definition) is 1. The largest absolute Gasteiger partial charge is 0.388 e. The average molecular weight is 279 g/mol. The predicted octanol–water partition coefficient (Wildman–Crippen LogP) is 3.62. The zero-order chi connectivity index (χ0) is 14.2. The fourth-order valence-corrected chi connectivity index (χ4v) is 3.72. The summed E-state index contributed by atoms with van der Waals surface area (Å²) in [7, 11) is 0. The molecule has 0 fully saturated rings. The molecule has 0 amide bonds. The third-order valence-corrected chi connectivity index (χ3v) is 4.85. The summed E-state index contributed by atoms with van der Waals surface area (Å²) in [6, 6.07) is 15.2. The zero-order valence-electron chi connectivity index (χ0n) is 12.3. The molecule has 0 radical (unpaired) electrons. The second kappa shape index (κ2) is 5.19. The number of para-hydroxylation sites is 1. The quantitative estimate of drug-likeness (QED) is 0.907. The maximum Gasteiger partial charge on any atom is 0.0826 e. The highest BCUT2D eigenvalue weighted by molar-refractivity contribution is 5.57. The van der Waals surface area contributed by atoms with Gasteiger partial charge in [-0.2, -0.15) is 0 Å². The monoisotopic (exact) mass is 279 g/mol. The van der Waals surface area contributed by atoms with E-state index in [9.17, 15) is 5.11 Å². The molecule has 2 aromatic rings. The summed E-state index contributed by atoms with van der Waals surface area (Å²) >= 11 is 0. The van der Waals surface area contributed by atoms with Crippen molar-refractivity contribution in [2.24, 2.45) is 0 Å². The molecule has 1 aliphatic carbocycles. The Hall–Kier alpha value is -1.80. The van der Waals surface area contributed by atoms with Crippen LogP contribution in [0, 0.1) is 0 Å². The highest BCUT2D eigenvalue weighted by Crippen LogP contribution is 2.34. The SMILES string of the molecule is OC1CCN(Cc2ccc3c(c2)CCC3)c2ccccc21. The number of hydrogen-bond acceptors (Lipinski definition) is 2. The number of anilines is 1. The molecule has 0 aromatic heterocycles. The lowest BCUT2D eigenvalue weighted by Gasteiger charge is -2.34. The second-order valence-corrected chi connectivity index (χ2v) is 6.24. The molecule has 0 spiro atoms. The van der Waals surface area contributed by atoms with Gasteiger partial charge in [-0.05, 0) is 48.4 Å². The van der Waals surface area contributed by atoms with Crippen molar-refractivity contribution in [1.82, 2.24) is 0 Å². The maximum atomic E-state index is 10.1. The van der Waals surface area contributed by atoms with Crippen LogP contribution in [0.1, 0.15) is 41.2 Å². The Morgan fingerprint density at radius 3 is 2.86 bits per heavy atom. The molecule has 108 valence electrons. The molecule has 0 saturated heterocycles. The Labute approximate surface area is 126 Å². The average Bonchev–Trinajstić information content (AvgIpc) is 2.98. The highest BCUT2D eigenvalue weighted by Gasteiger charge is 2.23. The van der Waals surface area contributed by atoms with Crippen molar-refractivity contribution in [2.45, 2.75) is 38.3 Å². The summed E-state index contributed by atoms with van der Waals surface area (Å²) in [6.07, 6.45) is 4.30. The van der Waals surface area contributed by atoms with Crippen molar-refractivity contribution in [1.29, 1.82) is 0 Å². The van der Waals surface area contributed by atoms with E-state index in [1.165, 1.54) is 41.6 Å². The fraction of sp³-hybridized carbons (Fsp3) is 0.368. The van der Waals surface area contributed by atoms with Gasteiger partial charge in [-0.3, -0.25) is 0 Å². The van der Waals surface area contributed by atoms with Crippen LogP contribution in [0.25, 0.3) is 0 Å². The van der Waals surface area contributed by atoms with Crippen LogP contribution in [0.2, 0.25) is 0 Å². The number of fused-ring (bicyclic) bond motifs is 2. The number of rotatable bonds is 2. The molecule has 2 aromatic carbocycles. The van der Waals surface area contributed by atoms with E-state index < -0.39 is 0 Å². The first kappa shape index (κ1) is 12.9. The molecule has 1 N–H and O–H groups in total. The van der Waals surface area contributed by atoms with Gasteiger partial charge in [0, 0.05) is 24.3 Å². The number of aryl methyl sites for hydroxylation is 2. The Bertz CT molecular complexity index is 664. The summed E-state index contributed by atoms with van der Waals surface area (Å²) in [5.41, 5.74) is 6.73. The normalized spacial score (nSPS) is 20.2. The molecule has 0 bridgehead atoms. The number of aliphatic hydroxyl groups is 1. The first-order chi connectivity index (χ1) is 10.3. The van der Waals surface area contributed by atoms with E-state index in [1.807, 2.05) is 6.07 Å². The Kier molecular flexibility index (Phi) is 3.19. The smallest absolute Gasteiger partial charge is 0.0826 e. The minimum absolute atomic E-state index is 0.308. The van der Waals surface area contributed by atoms with Gasteiger partial charge >= 0.3 is 0 Å². The van der Waals surface area contributed by atoms with Crippen molar-refractivity contribution >= 4 is 5.69 Å². The van der Waals surface area contributed by atoms with Gasteiger partial charge in [0.15, 0.2) is 0 Å². The maximum absolute atomic E-state index is 10.1. The molecule has 1 unspecified atom stereocenters. The van der Waals surface area contributed by atoms with Crippen molar-refractivity contribution in [2.75, 3.05) is 11.4 Å². The van der Waals surface area contributed by atoms with Crippen LogP contribution >= 0.6 is 0 Å². The van der Waals surface area contributed by atoms with Crippen molar-refractivity contribution in [3.8, 4) is 0 Å². The van der Waals surface area contributed by atoms with E-state index in [4.69, 9.17) is 0 Å². The molecular formula is C19H21NO. The lowest BCUT2D eigenvalue weighted by Crippen LogP contribution is -2.30. The summed E-state index contributed by atoms with van der Waals surface area (Å²) < 4.78 is 0. The third kappa shape index (κ3) is 2.34. The van der Waals surface area contributed by atoms with E-state index in [2.05, 4.69) is 41.3 Å². The van der Waals surface area contributed by atoms with E-state index in [0.717, 1.165) is 25.1 Å². The standard InChI is InChI=1S/C19H21NO/c21-19-10-11-20(18-7-2-1-6-17(18)19)13-14-8-9-15-4-3-5-16(15)12-14/h1-2,6-9,12,19,21H,3-5,10-11,13H2. The van der Waals surface area contributed by atoms with Crippen LogP contribution in [0.15, 0.2) is 42.5 Å². The molecule has 1 aliphatic heterocycles. The molecule has 2 heteroatoms. The number of aliphatic hydroxyl groups excluding tert-OH is 1. The topological polar surface area (TPSA) is 23.5 Å². The number of benzene rings is 2. The first-order valence-electron chi connectivity index (χ1n) is 7.94. The molecule has 1 atom stereocenters. The minimum Gasteiger partial charge on any atom is -0.388 e. The predicted molar refractivity (Wildman–Crippen MR) is 85.5 cm³/mol. The molecular weight excluding hydrogens is 258 g/mol. The van der Waals surface area contributed by atoms with Gasteiger partial charge in [0.05, 0.1) is 6.10 Å². The molecule has 4 rings (SSSR count). The Balaban J connectivity index is 1.62. The lowest BCUT2D eigenvalue weighted by molar-refractivity contribution is 0.164. The highest BCUT2D eigenvalue weighted by atomic mass is 16.3. The van der Waals surface area contributed by atoms with Gasteiger partial charge in [0.1, 0.15) is 0 Å². The van der Waals surface area contributed by atoms with Gasteiger partial charge in [-0.15, -0.1) is 0 Å². The van der Waals surface area contributed by atoms with E-state index >= 15 is 0 Å². The molecule has 1 heterocycles. The van der Waals surface area contributed by atoms with Gasteiger partial charge in [-0.1, -0.05) is 36.4 Å². The summed E-state index contributed by atoms with van der Waals surface area (Å²) in [4.78, 5) is 2.40. The van der Waals surface area contributed by atoms with E-state index in [1.54, 1.807) is 0 Å². The van der Waals surface area contributed by atoms with Crippen molar-refractivity contribution in [3.05, 3.63) is 64.7 Å². The van der Waals surface area contributed by atoms with Crippen molar-refractivity contribution in [3.63, 3.8) is 0 Å². The van der Waals surface area contributed by atoms with Crippen molar-refractivity contribution < 1.29 is 5.11 Å². The van der Waals surface area contributed by atoms with Gasteiger partial charge in [-0.25, -0.2) is 0 Å². The summed E-state index contributed by atoms with van der Waals surface area (Å²) in [5, 5.41) is 10.1. The Morgan fingerprint density at radius 1 is 1.05 bits per heavy atom. The zero-order valence-corrected chi connectivity index (χ0v) is 12.3. The van der Waals surface area contributed by atoms with Crippen LogP contribution in [0.3, 0.4) is 0 Å². The fourth-order valence-electron chi connectivity index (χ4n) is 3.72. The van der Waals surface area contributed by atoms with Crippen LogP contribution in [0.4, 0.5) is 5.69 Å². The molecule has 21 heavy (non-hydrogen) atoms. The van der Waals surface area contributed by atoms with Crippen LogP contribution in [-0.4, -0.2) is 11.7 Å². The lowest BCUT2D eigenvalue weighted by atomic mass is 9.98. The van der Waals surface area contributed by atoms with Crippen LogP contribution in [0.5, 0.6) is 0 Å². The Morgan fingerprint density at radius 2 is 1.90 bits per heavy atom. The van der Waals surface area contributed by atoms with E-state index in [-0.39, 0.29) is 6.10 Å². The van der Waals surface area contributed by atoms with Crippen LogP contribution in [-0.2, 0) is 19.4 Å². The first-order valence-corrected chi connectivity index (χ1v) is 7.94. The third-order valence-electron chi connectivity index (χ3n) is 4.85. The van der Waals surface area contributed by atoms with E-state index in [0.29, 0.717) is 0 Å². The van der Waals surface area contributed by atoms with Gasteiger partial charge < -0.3 is 10.0 Å². The minimum atomic E-state index is -0.308. The number of nitrogens with zero attached hydrogens (tertiary/aromatic N) is 1.